The Bertz CT molecular complexity index is 184. The second-order valence-electron chi connectivity index (χ2n) is 4.56. The Balaban J connectivity index is 2.16. The fraction of sp³-hybridized carbons (Fsp3) is 0.909. The first-order chi connectivity index (χ1) is 6.59. The lowest BCUT2D eigenvalue weighted by Gasteiger charge is -2.30. The van der Waals surface area contributed by atoms with E-state index in [4.69, 9.17) is 0 Å². The van der Waals surface area contributed by atoms with E-state index in [0.29, 0.717) is 6.42 Å². The van der Waals surface area contributed by atoms with Crippen molar-refractivity contribution in [3.05, 3.63) is 0 Å². The van der Waals surface area contributed by atoms with Crippen LogP contribution in [0.2, 0.25) is 0 Å². The summed E-state index contributed by atoms with van der Waals surface area (Å²) in [6, 6.07) is 0. The fourth-order valence-electron chi connectivity index (χ4n) is 1.76. The Morgan fingerprint density at radius 2 is 1.93 bits per heavy atom. The molecule has 0 bridgehead atoms. The topological polar surface area (TPSA) is 23.6 Å². The summed E-state index contributed by atoms with van der Waals surface area (Å²) in [6.45, 7) is 5.58. The van der Waals surface area contributed by atoms with Gasteiger partial charge in [-0.3, -0.25) is 4.79 Å². The minimum absolute atomic E-state index is 0.239. The fourth-order valence-corrected chi connectivity index (χ4v) is 1.76. The molecule has 1 amide bonds. The number of nitrogens with zero attached hydrogens (tertiary/aromatic N) is 2. The van der Waals surface area contributed by atoms with Crippen LogP contribution in [0.4, 0.5) is 0 Å². The molecule has 0 saturated carbocycles. The third-order valence-corrected chi connectivity index (χ3v) is 3.02. The van der Waals surface area contributed by atoms with Crippen molar-refractivity contribution < 1.29 is 4.79 Å². The van der Waals surface area contributed by atoms with E-state index >= 15 is 0 Å². The van der Waals surface area contributed by atoms with Gasteiger partial charge in [-0.05, 0) is 31.8 Å². The standard InChI is InChI=1S/C11H22N2O/c1-10-4-7-13(8-5-10)9-6-11(14)12(2)3/h10H,4-9H2,1-3H3. The first-order valence-corrected chi connectivity index (χ1v) is 5.52. The first kappa shape index (κ1) is 11.5. The number of hydrogen-bond acceptors (Lipinski definition) is 2. The SMILES string of the molecule is CC1CCN(CCC(=O)N(C)C)CC1. The Kier molecular flexibility index (Phi) is 4.39. The highest BCUT2D eigenvalue weighted by atomic mass is 16.2. The van der Waals surface area contributed by atoms with Crippen molar-refractivity contribution in [2.75, 3.05) is 33.7 Å². The van der Waals surface area contributed by atoms with Gasteiger partial charge in [0.25, 0.3) is 0 Å². The second kappa shape index (κ2) is 5.35. The normalized spacial score (nSPS) is 19.6. The summed E-state index contributed by atoms with van der Waals surface area (Å²) in [6.07, 6.45) is 3.24. The zero-order valence-electron chi connectivity index (χ0n) is 9.62. The van der Waals surface area contributed by atoms with Crippen LogP contribution in [0.15, 0.2) is 0 Å². The van der Waals surface area contributed by atoms with Crippen LogP contribution in [0.5, 0.6) is 0 Å². The van der Waals surface area contributed by atoms with Crippen molar-refractivity contribution in [1.82, 2.24) is 9.80 Å². The lowest BCUT2D eigenvalue weighted by atomic mass is 9.99. The average Bonchev–Trinajstić information content (AvgIpc) is 2.16. The van der Waals surface area contributed by atoms with E-state index in [1.165, 1.54) is 25.9 Å². The Hall–Kier alpha value is -0.570. The van der Waals surface area contributed by atoms with Crippen molar-refractivity contribution >= 4 is 5.91 Å². The third-order valence-electron chi connectivity index (χ3n) is 3.02. The quantitative estimate of drug-likeness (QED) is 0.680. The molecular formula is C11H22N2O. The van der Waals surface area contributed by atoms with E-state index in [9.17, 15) is 4.79 Å². The Morgan fingerprint density at radius 3 is 2.43 bits per heavy atom. The van der Waals surface area contributed by atoms with E-state index in [1.807, 2.05) is 14.1 Å². The molecule has 0 aliphatic carbocycles. The molecule has 1 fully saturated rings. The predicted molar refractivity (Wildman–Crippen MR) is 58.1 cm³/mol. The van der Waals surface area contributed by atoms with E-state index in [2.05, 4.69) is 11.8 Å². The van der Waals surface area contributed by atoms with Gasteiger partial charge in [-0.25, -0.2) is 0 Å². The zero-order chi connectivity index (χ0) is 10.6. The largest absolute Gasteiger partial charge is 0.349 e. The number of carbonyl (C=O) groups is 1. The summed E-state index contributed by atoms with van der Waals surface area (Å²) < 4.78 is 0. The smallest absolute Gasteiger partial charge is 0.223 e. The zero-order valence-corrected chi connectivity index (χ0v) is 9.62. The number of carbonyl (C=O) groups excluding carboxylic acids is 1. The lowest BCUT2D eigenvalue weighted by molar-refractivity contribution is -0.129. The summed E-state index contributed by atoms with van der Waals surface area (Å²) in [4.78, 5) is 15.4. The first-order valence-electron chi connectivity index (χ1n) is 5.52. The van der Waals surface area contributed by atoms with E-state index in [0.717, 1.165) is 12.5 Å². The van der Waals surface area contributed by atoms with Gasteiger partial charge in [-0.2, -0.15) is 0 Å². The maximum Gasteiger partial charge on any atom is 0.223 e. The lowest BCUT2D eigenvalue weighted by Crippen LogP contribution is -2.36. The molecular weight excluding hydrogens is 176 g/mol. The summed E-state index contributed by atoms with van der Waals surface area (Å²) in [5, 5.41) is 0. The Morgan fingerprint density at radius 1 is 1.36 bits per heavy atom. The highest BCUT2D eigenvalue weighted by Gasteiger charge is 2.16. The van der Waals surface area contributed by atoms with Crippen molar-refractivity contribution in [1.29, 1.82) is 0 Å². The minimum Gasteiger partial charge on any atom is -0.349 e. The summed E-state index contributed by atoms with van der Waals surface area (Å²) >= 11 is 0. The van der Waals surface area contributed by atoms with Gasteiger partial charge in [0.05, 0.1) is 0 Å². The van der Waals surface area contributed by atoms with Crippen LogP contribution < -0.4 is 0 Å². The highest BCUT2D eigenvalue weighted by Crippen LogP contribution is 2.15. The van der Waals surface area contributed by atoms with Gasteiger partial charge in [-0.15, -0.1) is 0 Å². The van der Waals surface area contributed by atoms with Crippen molar-refractivity contribution in [2.45, 2.75) is 26.2 Å². The predicted octanol–water partition coefficient (Wildman–Crippen LogP) is 1.20. The number of likely N-dealkylation sites (tertiary alicyclic amines) is 1. The van der Waals surface area contributed by atoms with Crippen molar-refractivity contribution in [3.8, 4) is 0 Å². The van der Waals surface area contributed by atoms with Gasteiger partial charge in [0, 0.05) is 27.1 Å². The number of rotatable bonds is 3. The molecule has 1 aliphatic heterocycles. The van der Waals surface area contributed by atoms with Crippen LogP contribution in [-0.2, 0) is 4.79 Å². The summed E-state index contributed by atoms with van der Waals surface area (Å²) in [5.41, 5.74) is 0. The number of piperidine rings is 1. The van der Waals surface area contributed by atoms with Crippen LogP contribution >= 0.6 is 0 Å². The van der Waals surface area contributed by atoms with Crippen LogP contribution in [0.3, 0.4) is 0 Å². The van der Waals surface area contributed by atoms with Crippen LogP contribution in [0.25, 0.3) is 0 Å². The number of amides is 1. The molecule has 1 aliphatic rings. The van der Waals surface area contributed by atoms with Gasteiger partial charge in [0.2, 0.25) is 5.91 Å². The molecule has 0 aromatic rings. The molecule has 82 valence electrons. The molecule has 0 aromatic carbocycles. The minimum atomic E-state index is 0.239. The monoisotopic (exact) mass is 198 g/mol. The summed E-state index contributed by atoms with van der Waals surface area (Å²) in [7, 11) is 3.64. The average molecular weight is 198 g/mol. The summed E-state index contributed by atoms with van der Waals surface area (Å²) in [5.74, 6) is 1.11. The van der Waals surface area contributed by atoms with Gasteiger partial charge in [0.1, 0.15) is 0 Å². The highest BCUT2D eigenvalue weighted by molar-refractivity contribution is 5.75. The van der Waals surface area contributed by atoms with Gasteiger partial charge in [-0.1, -0.05) is 6.92 Å². The van der Waals surface area contributed by atoms with Crippen molar-refractivity contribution in [3.63, 3.8) is 0 Å². The van der Waals surface area contributed by atoms with Crippen molar-refractivity contribution in [2.24, 2.45) is 5.92 Å². The van der Waals surface area contributed by atoms with Crippen LogP contribution in [-0.4, -0.2) is 49.4 Å². The van der Waals surface area contributed by atoms with Gasteiger partial charge in [0.15, 0.2) is 0 Å². The maximum absolute atomic E-state index is 11.3. The third kappa shape index (κ3) is 3.66. The molecule has 0 unspecified atom stereocenters. The van der Waals surface area contributed by atoms with Crippen LogP contribution in [0, 0.1) is 5.92 Å². The van der Waals surface area contributed by atoms with E-state index in [1.54, 1.807) is 4.90 Å². The van der Waals surface area contributed by atoms with E-state index < -0.39 is 0 Å². The molecule has 1 saturated heterocycles. The molecule has 0 aromatic heterocycles. The van der Waals surface area contributed by atoms with Gasteiger partial charge >= 0.3 is 0 Å². The molecule has 3 nitrogen and oxygen atoms in total. The van der Waals surface area contributed by atoms with Gasteiger partial charge < -0.3 is 9.80 Å². The Labute approximate surface area is 87.1 Å². The molecule has 1 rings (SSSR count). The molecule has 3 heteroatoms. The number of hydrogen-bond donors (Lipinski definition) is 0. The molecule has 0 spiro atoms. The molecule has 0 atom stereocenters. The molecule has 1 heterocycles. The molecule has 0 N–H and O–H groups in total. The van der Waals surface area contributed by atoms with E-state index in [-0.39, 0.29) is 5.91 Å². The second-order valence-corrected chi connectivity index (χ2v) is 4.56. The molecule has 14 heavy (non-hydrogen) atoms. The maximum atomic E-state index is 11.3. The molecule has 0 radical (unpaired) electrons. The van der Waals surface area contributed by atoms with Crippen LogP contribution in [0.1, 0.15) is 26.2 Å².